The summed E-state index contributed by atoms with van der Waals surface area (Å²) >= 11 is 0. The van der Waals surface area contributed by atoms with Crippen LogP contribution < -0.4 is 0 Å². The normalized spacial score (nSPS) is 37.9. The first-order chi connectivity index (χ1) is 16.0. The van der Waals surface area contributed by atoms with Gasteiger partial charge >= 0.3 is 0 Å². The van der Waals surface area contributed by atoms with E-state index < -0.39 is 5.60 Å². The largest absolute Gasteiger partial charge is 0.396 e. The molecule has 0 aromatic heterocycles. The summed E-state index contributed by atoms with van der Waals surface area (Å²) in [6, 6.07) is 0. The maximum atomic E-state index is 10.8. The van der Waals surface area contributed by atoms with Crippen molar-refractivity contribution in [2.24, 2.45) is 35.0 Å². The summed E-state index contributed by atoms with van der Waals surface area (Å²) in [6.07, 6.45) is 16.3. The van der Waals surface area contributed by atoms with Gasteiger partial charge in [-0.2, -0.15) is 0 Å². The van der Waals surface area contributed by atoms with E-state index in [0.717, 1.165) is 31.6 Å². The molecule has 34 heavy (non-hydrogen) atoms. The lowest BCUT2D eigenvalue weighted by Gasteiger charge is -2.44. The van der Waals surface area contributed by atoms with Crippen LogP contribution in [0, 0.1) is 35.0 Å². The average Bonchev–Trinajstić information content (AvgIpc) is 3.12. The Hall–Kier alpha value is -0.900. The van der Waals surface area contributed by atoms with Gasteiger partial charge in [0.05, 0.1) is 11.7 Å². The van der Waals surface area contributed by atoms with Crippen LogP contribution in [0.1, 0.15) is 105 Å². The zero-order chi connectivity index (χ0) is 25.1. The molecule has 0 heterocycles. The molecule has 0 spiro atoms. The first-order valence-corrected chi connectivity index (χ1v) is 14.1. The second kappa shape index (κ2) is 11.4. The Bertz CT molecular complexity index is 757. The first-order valence-electron chi connectivity index (χ1n) is 14.1. The Morgan fingerprint density at radius 3 is 2.62 bits per heavy atom. The van der Waals surface area contributed by atoms with Crippen LogP contribution >= 0.6 is 0 Å². The van der Waals surface area contributed by atoms with Crippen LogP contribution in [-0.4, -0.2) is 33.6 Å². The smallest absolute Gasteiger partial charge is 0.0614 e. The number of allylic oxidation sites excluding steroid dienone is 4. The number of hydrogen-bond donors (Lipinski definition) is 3. The second-order valence-corrected chi connectivity index (χ2v) is 12.8. The molecule has 0 bridgehead atoms. The summed E-state index contributed by atoms with van der Waals surface area (Å²) in [7, 11) is 0. The molecule has 0 aromatic carbocycles. The molecule has 3 heteroatoms. The molecule has 3 aliphatic carbocycles. The standard InChI is InChI=1S/C31H52O3/c1-21(10-7-17-30(4,5)34)27-15-16-28-24(11-8-18-31(27,28)6)13-14-25-20-29(33)26(12-9-19-32)23(3)22(25)2/h13-14,21,23,26-29,32-34H,2,7-12,15-20H2,1,3-6H3/b24-13+,25-14-/t21-,23-,26-,27-,28+,29-,31-/m1/s1. The van der Waals surface area contributed by atoms with Crippen molar-refractivity contribution in [3.05, 3.63) is 35.5 Å². The Balaban J connectivity index is 1.69. The second-order valence-electron chi connectivity index (χ2n) is 12.8. The maximum Gasteiger partial charge on any atom is 0.0614 e. The lowest BCUT2D eigenvalue weighted by Crippen LogP contribution is -2.36. The van der Waals surface area contributed by atoms with Crippen molar-refractivity contribution in [2.75, 3.05) is 6.61 Å². The molecule has 0 unspecified atom stereocenters. The summed E-state index contributed by atoms with van der Waals surface area (Å²) in [6.45, 7) is 15.6. The van der Waals surface area contributed by atoms with Gasteiger partial charge in [-0.15, -0.1) is 0 Å². The fourth-order valence-electron chi connectivity index (χ4n) is 7.82. The van der Waals surface area contributed by atoms with Crippen molar-refractivity contribution in [2.45, 2.75) is 117 Å². The molecular formula is C31H52O3. The summed E-state index contributed by atoms with van der Waals surface area (Å²) in [5.74, 6) is 2.62. The molecule has 194 valence electrons. The molecular weight excluding hydrogens is 420 g/mol. The van der Waals surface area contributed by atoms with Gasteiger partial charge in [-0.05, 0) is 118 Å². The zero-order valence-electron chi connectivity index (χ0n) is 22.7. The third kappa shape index (κ3) is 6.26. The summed E-state index contributed by atoms with van der Waals surface area (Å²) in [4.78, 5) is 0. The van der Waals surface area contributed by atoms with Gasteiger partial charge in [0.1, 0.15) is 0 Å². The molecule has 3 N–H and O–H groups in total. The van der Waals surface area contributed by atoms with E-state index in [0.29, 0.717) is 23.7 Å². The van der Waals surface area contributed by atoms with Gasteiger partial charge < -0.3 is 15.3 Å². The molecule has 3 rings (SSSR count). The van der Waals surface area contributed by atoms with E-state index in [9.17, 15) is 15.3 Å². The van der Waals surface area contributed by atoms with Crippen LogP contribution in [0.15, 0.2) is 35.5 Å². The number of fused-ring (bicyclic) bond motifs is 1. The van der Waals surface area contributed by atoms with Gasteiger partial charge in [0.25, 0.3) is 0 Å². The van der Waals surface area contributed by atoms with Crippen LogP contribution in [-0.2, 0) is 0 Å². The van der Waals surface area contributed by atoms with E-state index >= 15 is 0 Å². The molecule has 0 saturated heterocycles. The molecule has 3 saturated carbocycles. The fourth-order valence-corrected chi connectivity index (χ4v) is 7.82. The lowest BCUT2D eigenvalue weighted by atomic mass is 9.60. The van der Waals surface area contributed by atoms with Crippen LogP contribution in [0.25, 0.3) is 0 Å². The summed E-state index contributed by atoms with van der Waals surface area (Å²) in [5.41, 5.74) is 3.85. The molecule has 0 amide bonds. The predicted molar refractivity (Wildman–Crippen MR) is 142 cm³/mol. The fraction of sp³-hybridized carbons (Fsp3) is 0.806. The van der Waals surface area contributed by atoms with E-state index in [4.69, 9.17) is 0 Å². The molecule has 0 radical (unpaired) electrons. The minimum absolute atomic E-state index is 0.191. The topological polar surface area (TPSA) is 60.7 Å². The third-order valence-electron chi connectivity index (χ3n) is 9.89. The Labute approximate surface area is 209 Å². The molecule has 0 aliphatic heterocycles. The Morgan fingerprint density at radius 1 is 1.21 bits per heavy atom. The molecule has 3 aliphatic rings. The third-order valence-corrected chi connectivity index (χ3v) is 9.89. The van der Waals surface area contributed by atoms with Crippen LogP contribution in [0.5, 0.6) is 0 Å². The first kappa shape index (κ1) is 27.7. The van der Waals surface area contributed by atoms with Crippen LogP contribution in [0.2, 0.25) is 0 Å². The van der Waals surface area contributed by atoms with Crippen molar-refractivity contribution in [3.8, 4) is 0 Å². The molecule has 7 atom stereocenters. The van der Waals surface area contributed by atoms with Crippen LogP contribution in [0.4, 0.5) is 0 Å². The zero-order valence-corrected chi connectivity index (χ0v) is 22.7. The van der Waals surface area contributed by atoms with Crippen LogP contribution in [0.3, 0.4) is 0 Å². The van der Waals surface area contributed by atoms with Gasteiger partial charge in [-0.25, -0.2) is 0 Å². The SMILES string of the molecule is C=C1/C(=C\C=C2/CCC[C@]3(C)[C@@H]([C@H](C)CCCC(C)(C)O)CC[C@@H]23)C[C@@H](O)[C@H](CCCO)[C@@H]1C. The average molecular weight is 473 g/mol. The summed E-state index contributed by atoms with van der Waals surface area (Å²) in [5, 5.41) is 30.1. The Kier molecular flexibility index (Phi) is 9.31. The van der Waals surface area contributed by atoms with Gasteiger partial charge in [0, 0.05) is 6.61 Å². The van der Waals surface area contributed by atoms with Crippen molar-refractivity contribution in [1.29, 1.82) is 0 Å². The van der Waals surface area contributed by atoms with Gasteiger partial charge in [-0.1, -0.05) is 57.9 Å². The lowest BCUT2D eigenvalue weighted by molar-refractivity contribution is 0.0596. The maximum absolute atomic E-state index is 10.8. The Morgan fingerprint density at radius 2 is 1.94 bits per heavy atom. The molecule has 0 aromatic rings. The minimum atomic E-state index is -0.552. The number of aliphatic hydroxyl groups excluding tert-OH is 2. The highest BCUT2D eigenvalue weighted by molar-refractivity contribution is 5.38. The van der Waals surface area contributed by atoms with Crippen molar-refractivity contribution in [1.82, 2.24) is 0 Å². The van der Waals surface area contributed by atoms with Crippen molar-refractivity contribution >= 4 is 0 Å². The minimum Gasteiger partial charge on any atom is -0.396 e. The van der Waals surface area contributed by atoms with E-state index in [1.807, 2.05) is 13.8 Å². The molecule has 3 fully saturated rings. The highest BCUT2D eigenvalue weighted by Crippen LogP contribution is 2.60. The molecule has 3 nitrogen and oxygen atoms in total. The van der Waals surface area contributed by atoms with E-state index in [-0.39, 0.29) is 24.5 Å². The van der Waals surface area contributed by atoms with Gasteiger partial charge in [0.15, 0.2) is 0 Å². The quantitative estimate of drug-likeness (QED) is 0.339. The highest BCUT2D eigenvalue weighted by atomic mass is 16.3. The predicted octanol–water partition coefficient (Wildman–Crippen LogP) is 6.98. The number of rotatable bonds is 9. The van der Waals surface area contributed by atoms with Crippen molar-refractivity contribution < 1.29 is 15.3 Å². The van der Waals surface area contributed by atoms with E-state index in [2.05, 4.69) is 39.5 Å². The summed E-state index contributed by atoms with van der Waals surface area (Å²) < 4.78 is 0. The van der Waals surface area contributed by atoms with Gasteiger partial charge in [0.2, 0.25) is 0 Å². The monoisotopic (exact) mass is 472 g/mol. The number of hydrogen-bond acceptors (Lipinski definition) is 3. The van der Waals surface area contributed by atoms with E-state index in [1.165, 1.54) is 49.7 Å². The highest BCUT2D eigenvalue weighted by Gasteiger charge is 2.50. The van der Waals surface area contributed by atoms with Crippen molar-refractivity contribution in [3.63, 3.8) is 0 Å². The number of aliphatic hydroxyl groups is 3. The van der Waals surface area contributed by atoms with E-state index in [1.54, 1.807) is 5.57 Å². The van der Waals surface area contributed by atoms with Gasteiger partial charge in [-0.3, -0.25) is 0 Å².